The first-order valence-corrected chi connectivity index (χ1v) is 9.19. The minimum Gasteiger partial charge on any atom is -0.457 e. The fourth-order valence-electron chi connectivity index (χ4n) is 3.90. The summed E-state index contributed by atoms with van der Waals surface area (Å²) in [6.45, 7) is 0. The van der Waals surface area contributed by atoms with E-state index in [-0.39, 0.29) is 11.7 Å². The summed E-state index contributed by atoms with van der Waals surface area (Å²) >= 11 is 0. The van der Waals surface area contributed by atoms with E-state index in [1.165, 1.54) is 12.1 Å². The number of carbonyl (C=O) groups excluding carboxylic acids is 1. The largest absolute Gasteiger partial charge is 0.457 e. The molecule has 0 N–H and O–H groups in total. The number of rotatable bonds is 5. The van der Waals surface area contributed by atoms with Crippen LogP contribution < -0.4 is 4.74 Å². The third-order valence-electron chi connectivity index (χ3n) is 5.18. The molecule has 1 amide bonds. The quantitative estimate of drug-likeness (QED) is 0.719. The van der Waals surface area contributed by atoms with Crippen LogP contribution in [0.25, 0.3) is 0 Å². The number of aryl methyl sites for hydroxylation is 1. The second-order valence-corrected chi connectivity index (χ2v) is 6.97. The molecule has 134 valence electrons. The standard InChI is InChI=1S/C22H22FNO2/c23-17-8-12-20(13-9-17)26-21-6-1-3-16(15-21)7-14-22(25)24-18-4-2-5-19(24)11-10-18/h1-4,6,8-9,12-13,15,18-19H,5,7,10-11,14H2. The molecule has 0 aliphatic carbocycles. The number of carbonyl (C=O) groups is 1. The van der Waals surface area contributed by atoms with Crippen molar-refractivity contribution in [3.63, 3.8) is 0 Å². The molecule has 2 atom stereocenters. The number of benzene rings is 2. The zero-order valence-electron chi connectivity index (χ0n) is 14.6. The number of hydrogen-bond acceptors (Lipinski definition) is 2. The Morgan fingerprint density at radius 2 is 1.96 bits per heavy atom. The molecule has 2 aliphatic rings. The first-order valence-electron chi connectivity index (χ1n) is 9.19. The van der Waals surface area contributed by atoms with E-state index in [0.717, 1.165) is 24.8 Å². The Morgan fingerprint density at radius 1 is 1.12 bits per heavy atom. The normalized spacial score (nSPS) is 21.0. The van der Waals surface area contributed by atoms with Crippen LogP contribution >= 0.6 is 0 Å². The summed E-state index contributed by atoms with van der Waals surface area (Å²) in [7, 11) is 0. The van der Waals surface area contributed by atoms with Crippen LogP contribution in [0.5, 0.6) is 11.5 Å². The van der Waals surface area contributed by atoms with Gasteiger partial charge >= 0.3 is 0 Å². The topological polar surface area (TPSA) is 29.5 Å². The van der Waals surface area contributed by atoms with Gasteiger partial charge in [-0.05, 0) is 67.6 Å². The van der Waals surface area contributed by atoms with E-state index < -0.39 is 0 Å². The maximum absolute atomic E-state index is 13.0. The fraction of sp³-hybridized carbons (Fsp3) is 0.318. The molecule has 2 heterocycles. The van der Waals surface area contributed by atoms with E-state index in [0.29, 0.717) is 36.4 Å². The van der Waals surface area contributed by atoms with E-state index in [1.54, 1.807) is 12.1 Å². The highest BCUT2D eigenvalue weighted by atomic mass is 19.1. The molecule has 4 heteroatoms. The van der Waals surface area contributed by atoms with E-state index in [2.05, 4.69) is 17.1 Å². The van der Waals surface area contributed by atoms with Crippen molar-refractivity contribution in [3.8, 4) is 11.5 Å². The van der Waals surface area contributed by atoms with Gasteiger partial charge in [-0.1, -0.05) is 24.3 Å². The second kappa shape index (κ2) is 7.32. The zero-order valence-corrected chi connectivity index (χ0v) is 14.6. The molecule has 26 heavy (non-hydrogen) atoms. The van der Waals surface area contributed by atoms with E-state index >= 15 is 0 Å². The van der Waals surface area contributed by atoms with E-state index in [1.807, 2.05) is 24.3 Å². The van der Waals surface area contributed by atoms with Gasteiger partial charge in [0.1, 0.15) is 17.3 Å². The maximum atomic E-state index is 13.0. The van der Waals surface area contributed by atoms with E-state index in [9.17, 15) is 9.18 Å². The van der Waals surface area contributed by atoms with Gasteiger partial charge in [-0.25, -0.2) is 4.39 Å². The fourth-order valence-corrected chi connectivity index (χ4v) is 3.90. The lowest BCUT2D eigenvalue weighted by molar-refractivity contribution is -0.133. The van der Waals surface area contributed by atoms with Crippen molar-refractivity contribution >= 4 is 5.91 Å². The van der Waals surface area contributed by atoms with Gasteiger partial charge < -0.3 is 9.64 Å². The van der Waals surface area contributed by atoms with Crippen molar-refractivity contribution in [1.29, 1.82) is 0 Å². The van der Waals surface area contributed by atoms with Crippen LogP contribution in [0.2, 0.25) is 0 Å². The van der Waals surface area contributed by atoms with Crippen LogP contribution in [-0.2, 0) is 11.2 Å². The molecule has 4 rings (SSSR count). The third-order valence-corrected chi connectivity index (χ3v) is 5.18. The molecule has 0 radical (unpaired) electrons. The molecule has 1 saturated heterocycles. The van der Waals surface area contributed by atoms with Gasteiger partial charge in [0, 0.05) is 12.5 Å². The second-order valence-electron chi connectivity index (χ2n) is 6.97. The lowest BCUT2D eigenvalue weighted by atomic mass is 10.1. The molecule has 2 bridgehead atoms. The monoisotopic (exact) mass is 351 g/mol. The summed E-state index contributed by atoms with van der Waals surface area (Å²) in [6, 6.07) is 14.4. The minimum atomic E-state index is -0.286. The number of fused-ring (bicyclic) bond motifs is 2. The first-order chi connectivity index (χ1) is 12.7. The molecular weight excluding hydrogens is 329 g/mol. The zero-order chi connectivity index (χ0) is 17.9. The maximum Gasteiger partial charge on any atom is 0.223 e. The summed E-state index contributed by atoms with van der Waals surface area (Å²) in [5.41, 5.74) is 1.07. The molecule has 0 aromatic heterocycles. The van der Waals surface area contributed by atoms with Gasteiger partial charge in [0.15, 0.2) is 0 Å². The first kappa shape index (κ1) is 16.8. The van der Waals surface area contributed by atoms with E-state index in [4.69, 9.17) is 4.74 Å². The lowest BCUT2D eigenvalue weighted by Gasteiger charge is -2.31. The summed E-state index contributed by atoms with van der Waals surface area (Å²) in [4.78, 5) is 14.7. The summed E-state index contributed by atoms with van der Waals surface area (Å²) < 4.78 is 18.8. The Labute approximate surface area is 153 Å². The molecule has 0 saturated carbocycles. The molecule has 2 unspecified atom stereocenters. The van der Waals surface area contributed by atoms with Gasteiger partial charge in [0.05, 0.1) is 6.04 Å². The van der Waals surface area contributed by atoms with Crippen LogP contribution in [0.3, 0.4) is 0 Å². The van der Waals surface area contributed by atoms with Crippen molar-refractivity contribution in [3.05, 3.63) is 72.1 Å². The van der Waals surface area contributed by atoms with Gasteiger partial charge in [-0.2, -0.15) is 0 Å². The molecular formula is C22H22FNO2. The number of halogens is 1. The van der Waals surface area contributed by atoms with Crippen LogP contribution in [-0.4, -0.2) is 22.9 Å². The molecule has 2 aromatic carbocycles. The van der Waals surface area contributed by atoms with Gasteiger partial charge in [0.2, 0.25) is 5.91 Å². The predicted octanol–water partition coefficient (Wildman–Crippen LogP) is 4.87. The van der Waals surface area contributed by atoms with Gasteiger partial charge in [0.25, 0.3) is 0 Å². The summed E-state index contributed by atoms with van der Waals surface area (Å²) in [6.07, 6.45) is 8.79. The van der Waals surface area contributed by atoms with Crippen molar-refractivity contribution in [2.75, 3.05) is 0 Å². The Balaban J connectivity index is 1.37. The Morgan fingerprint density at radius 3 is 2.77 bits per heavy atom. The lowest BCUT2D eigenvalue weighted by Crippen LogP contribution is -2.42. The average molecular weight is 351 g/mol. The highest BCUT2D eigenvalue weighted by molar-refractivity contribution is 5.78. The van der Waals surface area contributed by atoms with Crippen molar-refractivity contribution in [2.24, 2.45) is 0 Å². The SMILES string of the molecule is O=C(CCc1cccc(Oc2ccc(F)cc2)c1)N1C2C=CCC1CC2. The summed E-state index contributed by atoms with van der Waals surface area (Å²) in [5, 5.41) is 0. The van der Waals surface area contributed by atoms with Crippen LogP contribution in [0.15, 0.2) is 60.7 Å². The van der Waals surface area contributed by atoms with Gasteiger partial charge in [-0.3, -0.25) is 4.79 Å². The average Bonchev–Trinajstić information content (AvgIpc) is 2.91. The third kappa shape index (κ3) is 3.64. The highest BCUT2D eigenvalue weighted by Crippen LogP contribution is 2.32. The van der Waals surface area contributed by atoms with Crippen molar-refractivity contribution in [1.82, 2.24) is 4.90 Å². The van der Waals surface area contributed by atoms with Crippen LogP contribution in [0.1, 0.15) is 31.2 Å². The minimum absolute atomic E-state index is 0.242. The van der Waals surface area contributed by atoms with Crippen LogP contribution in [0, 0.1) is 5.82 Å². The van der Waals surface area contributed by atoms with Crippen molar-refractivity contribution in [2.45, 2.75) is 44.2 Å². The Bertz CT molecular complexity index is 815. The molecule has 2 aliphatic heterocycles. The smallest absolute Gasteiger partial charge is 0.223 e. The highest BCUT2D eigenvalue weighted by Gasteiger charge is 2.36. The number of nitrogens with zero attached hydrogens (tertiary/aromatic N) is 1. The number of hydrogen-bond donors (Lipinski definition) is 0. The molecule has 0 spiro atoms. The summed E-state index contributed by atoms with van der Waals surface area (Å²) in [5.74, 6) is 1.25. The van der Waals surface area contributed by atoms with Crippen LogP contribution in [0.4, 0.5) is 4.39 Å². The van der Waals surface area contributed by atoms with Crippen molar-refractivity contribution < 1.29 is 13.9 Å². The number of ether oxygens (including phenoxy) is 1. The van der Waals surface area contributed by atoms with Gasteiger partial charge in [-0.15, -0.1) is 0 Å². The molecule has 1 fully saturated rings. The number of amides is 1. The Kier molecular flexibility index (Phi) is 4.74. The Hall–Kier alpha value is -2.62. The molecule has 3 nitrogen and oxygen atoms in total. The predicted molar refractivity (Wildman–Crippen MR) is 98.7 cm³/mol. The molecule has 2 aromatic rings.